The number of nitrogens with zero attached hydrogens (tertiary/aromatic N) is 1. The molecule has 20 heavy (non-hydrogen) atoms. The first-order valence-corrected chi connectivity index (χ1v) is 8.75. The molecule has 6 nitrogen and oxygen atoms in total. The molecular weight excluding hydrogens is 320 g/mol. The number of carbonyl (C=O) groups is 1. The number of aryl methyl sites for hydroxylation is 1. The van der Waals surface area contributed by atoms with Gasteiger partial charge in [0, 0.05) is 16.3 Å². The minimum Gasteiger partial charge on any atom is -0.481 e. The quantitative estimate of drug-likeness (QED) is 0.838. The average Bonchev–Trinajstić information content (AvgIpc) is 2.95. The molecular formula is C11H12N2O4S3. The molecule has 0 saturated carbocycles. The van der Waals surface area contributed by atoms with E-state index in [1.54, 1.807) is 5.51 Å². The molecule has 2 aromatic rings. The van der Waals surface area contributed by atoms with Gasteiger partial charge in [0.15, 0.2) is 0 Å². The van der Waals surface area contributed by atoms with E-state index in [0.717, 1.165) is 21.9 Å². The van der Waals surface area contributed by atoms with Gasteiger partial charge in [0.25, 0.3) is 0 Å². The second-order valence-corrected chi connectivity index (χ2v) is 8.08. The van der Waals surface area contributed by atoms with E-state index in [1.165, 1.54) is 23.5 Å². The lowest BCUT2D eigenvalue weighted by Gasteiger charge is -2.03. The molecule has 0 radical (unpaired) electrons. The number of thiazole rings is 1. The first kappa shape index (κ1) is 15.1. The van der Waals surface area contributed by atoms with Crippen molar-refractivity contribution in [2.24, 2.45) is 0 Å². The molecule has 0 unspecified atom stereocenters. The number of hydrogen-bond acceptors (Lipinski definition) is 6. The number of rotatable bonds is 6. The Morgan fingerprint density at radius 2 is 2.20 bits per heavy atom. The van der Waals surface area contributed by atoms with E-state index in [1.807, 2.05) is 6.92 Å². The maximum atomic E-state index is 12.1. The summed E-state index contributed by atoms with van der Waals surface area (Å²) in [5, 5.41) is 8.67. The van der Waals surface area contributed by atoms with Gasteiger partial charge in [-0.05, 0) is 19.1 Å². The summed E-state index contributed by atoms with van der Waals surface area (Å²) in [5.74, 6) is -0.982. The van der Waals surface area contributed by atoms with Gasteiger partial charge in [0.05, 0.1) is 17.6 Å². The number of sulfonamides is 1. The Kier molecular flexibility index (Phi) is 4.53. The van der Waals surface area contributed by atoms with Crippen molar-refractivity contribution in [3.05, 3.63) is 33.1 Å². The fraction of sp³-hybridized carbons (Fsp3) is 0.273. The minimum atomic E-state index is -3.61. The van der Waals surface area contributed by atoms with Crippen LogP contribution < -0.4 is 4.72 Å². The second-order valence-electron chi connectivity index (χ2n) is 3.98. The third-order valence-corrected chi connectivity index (χ3v) is 6.41. The van der Waals surface area contributed by atoms with Gasteiger partial charge in [0.2, 0.25) is 10.0 Å². The predicted octanol–water partition coefficient (Wildman–Crippen LogP) is 1.62. The highest BCUT2D eigenvalue weighted by atomic mass is 32.2. The van der Waals surface area contributed by atoms with Crippen LogP contribution in [0.3, 0.4) is 0 Å². The molecule has 0 amide bonds. The Morgan fingerprint density at radius 1 is 1.45 bits per heavy atom. The lowest BCUT2D eigenvalue weighted by molar-refractivity contribution is -0.136. The number of aliphatic carboxylic acids is 1. The molecule has 0 bridgehead atoms. The first-order valence-electron chi connectivity index (χ1n) is 5.57. The lowest BCUT2D eigenvalue weighted by Crippen LogP contribution is -2.22. The number of carboxylic acids is 1. The summed E-state index contributed by atoms with van der Waals surface area (Å²) in [7, 11) is -3.61. The van der Waals surface area contributed by atoms with Gasteiger partial charge in [-0.2, -0.15) is 0 Å². The number of carboxylic acid groups (broad SMARTS) is 1. The minimum absolute atomic E-state index is 0.121. The van der Waals surface area contributed by atoms with Crippen LogP contribution in [-0.2, 0) is 27.8 Å². The van der Waals surface area contributed by atoms with Crippen molar-refractivity contribution in [3.8, 4) is 0 Å². The standard InChI is InChI=1S/C11H12N2O4S3/c1-7-9(18-6-12-7)5-13-20(16,17)11-3-2-8(19-11)4-10(14)15/h2-3,6,13H,4-5H2,1H3,(H,14,15). The van der Waals surface area contributed by atoms with Crippen LogP contribution >= 0.6 is 22.7 Å². The van der Waals surface area contributed by atoms with Gasteiger partial charge in [-0.25, -0.2) is 18.1 Å². The van der Waals surface area contributed by atoms with E-state index in [9.17, 15) is 13.2 Å². The molecule has 2 N–H and O–H groups in total. The molecule has 0 spiro atoms. The third-order valence-electron chi connectivity index (χ3n) is 2.49. The monoisotopic (exact) mass is 332 g/mol. The van der Waals surface area contributed by atoms with Crippen molar-refractivity contribution < 1.29 is 18.3 Å². The van der Waals surface area contributed by atoms with E-state index in [-0.39, 0.29) is 17.2 Å². The number of nitrogens with one attached hydrogen (secondary N) is 1. The molecule has 0 aliphatic carbocycles. The normalized spacial score (nSPS) is 11.7. The summed E-state index contributed by atoms with van der Waals surface area (Å²) in [5.41, 5.74) is 2.46. The molecule has 2 heterocycles. The molecule has 0 aliphatic rings. The Hall–Kier alpha value is -1.29. The largest absolute Gasteiger partial charge is 0.481 e. The van der Waals surface area contributed by atoms with E-state index < -0.39 is 16.0 Å². The van der Waals surface area contributed by atoms with E-state index >= 15 is 0 Å². The first-order chi connectivity index (χ1) is 9.38. The fourth-order valence-corrected chi connectivity index (χ4v) is 4.67. The molecule has 0 fully saturated rings. The Labute approximate surface area is 124 Å². The van der Waals surface area contributed by atoms with Crippen LogP contribution in [-0.4, -0.2) is 24.5 Å². The highest BCUT2D eigenvalue weighted by Crippen LogP contribution is 2.22. The molecule has 2 rings (SSSR count). The van der Waals surface area contributed by atoms with Gasteiger partial charge in [-0.1, -0.05) is 0 Å². The number of thiophene rings is 1. The van der Waals surface area contributed by atoms with Crippen molar-refractivity contribution in [3.63, 3.8) is 0 Å². The lowest BCUT2D eigenvalue weighted by atomic mass is 10.3. The Morgan fingerprint density at radius 3 is 2.80 bits per heavy atom. The van der Waals surface area contributed by atoms with Crippen molar-refractivity contribution >= 4 is 38.7 Å². The van der Waals surface area contributed by atoms with Crippen LogP contribution in [0.2, 0.25) is 0 Å². The highest BCUT2D eigenvalue weighted by Gasteiger charge is 2.18. The van der Waals surface area contributed by atoms with Gasteiger partial charge < -0.3 is 5.11 Å². The van der Waals surface area contributed by atoms with Crippen LogP contribution in [0.5, 0.6) is 0 Å². The molecule has 108 valence electrons. The predicted molar refractivity (Wildman–Crippen MR) is 76.5 cm³/mol. The zero-order valence-corrected chi connectivity index (χ0v) is 12.9. The smallest absolute Gasteiger partial charge is 0.308 e. The maximum absolute atomic E-state index is 12.1. The maximum Gasteiger partial charge on any atom is 0.308 e. The Balaban J connectivity index is 2.08. The molecule has 2 aromatic heterocycles. The molecule has 0 saturated heterocycles. The molecule has 0 aliphatic heterocycles. The number of aromatic nitrogens is 1. The summed E-state index contributed by atoms with van der Waals surface area (Å²) in [6, 6.07) is 2.94. The fourth-order valence-electron chi connectivity index (χ4n) is 1.47. The van der Waals surface area contributed by atoms with Crippen molar-refractivity contribution in [1.82, 2.24) is 9.71 Å². The van der Waals surface area contributed by atoms with E-state index in [4.69, 9.17) is 5.11 Å². The van der Waals surface area contributed by atoms with Crippen molar-refractivity contribution in [2.45, 2.75) is 24.1 Å². The Bertz CT molecular complexity index is 718. The van der Waals surface area contributed by atoms with Crippen LogP contribution in [0.1, 0.15) is 15.4 Å². The SMILES string of the molecule is Cc1ncsc1CNS(=O)(=O)c1ccc(CC(=O)O)s1. The van der Waals surface area contributed by atoms with Crippen LogP contribution in [0.25, 0.3) is 0 Å². The zero-order chi connectivity index (χ0) is 14.8. The topological polar surface area (TPSA) is 96.4 Å². The third kappa shape index (κ3) is 3.63. The van der Waals surface area contributed by atoms with Gasteiger partial charge in [0.1, 0.15) is 4.21 Å². The van der Waals surface area contributed by atoms with Crippen molar-refractivity contribution in [2.75, 3.05) is 0 Å². The second kappa shape index (κ2) is 6.00. The molecule has 9 heteroatoms. The van der Waals surface area contributed by atoms with E-state index in [0.29, 0.717) is 4.88 Å². The summed E-state index contributed by atoms with van der Waals surface area (Å²) < 4.78 is 26.8. The van der Waals surface area contributed by atoms with Gasteiger partial charge in [-0.15, -0.1) is 22.7 Å². The summed E-state index contributed by atoms with van der Waals surface area (Å²) in [6.07, 6.45) is -0.172. The molecule has 0 atom stereocenters. The van der Waals surface area contributed by atoms with E-state index in [2.05, 4.69) is 9.71 Å². The average molecular weight is 332 g/mol. The van der Waals surface area contributed by atoms with Crippen molar-refractivity contribution in [1.29, 1.82) is 0 Å². The zero-order valence-electron chi connectivity index (χ0n) is 10.5. The van der Waals surface area contributed by atoms with Gasteiger partial charge in [-0.3, -0.25) is 4.79 Å². The highest BCUT2D eigenvalue weighted by molar-refractivity contribution is 7.91. The summed E-state index contributed by atoms with van der Waals surface area (Å²) in [6.45, 7) is 2.00. The molecule has 0 aromatic carbocycles. The number of hydrogen-bond donors (Lipinski definition) is 2. The summed E-state index contributed by atoms with van der Waals surface area (Å²) in [4.78, 5) is 16.0. The van der Waals surface area contributed by atoms with Gasteiger partial charge >= 0.3 is 5.97 Å². The van der Waals surface area contributed by atoms with Crippen LogP contribution in [0.15, 0.2) is 21.9 Å². The van der Waals surface area contributed by atoms with Crippen LogP contribution in [0, 0.1) is 6.92 Å². The summed E-state index contributed by atoms with van der Waals surface area (Å²) >= 11 is 2.35. The van der Waals surface area contributed by atoms with Crippen LogP contribution in [0.4, 0.5) is 0 Å².